The summed E-state index contributed by atoms with van der Waals surface area (Å²) >= 11 is 6.03. The first-order valence-electron chi connectivity index (χ1n) is 10.6. The van der Waals surface area contributed by atoms with Gasteiger partial charge in [-0.3, -0.25) is 19.7 Å². The summed E-state index contributed by atoms with van der Waals surface area (Å²) in [5.41, 5.74) is 5.18. The number of ether oxygens (including phenoxy) is 2. The van der Waals surface area contributed by atoms with E-state index in [1.165, 1.54) is 25.5 Å². The summed E-state index contributed by atoms with van der Waals surface area (Å²) in [6, 6.07) is 14.5. The predicted molar refractivity (Wildman–Crippen MR) is 136 cm³/mol. The van der Waals surface area contributed by atoms with Crippen molar-refractivity contribution < 1.29 is 24.0 Å². The Morgan fingerprint density at radius 2 is 1.83 bits per heavy atom. The fraction of sp³-hybridized carbons (Fsp3) is 0.160. The van der Waals surface area contributed by atoms with Gasteiger partial charge >= 0.3 is 11.8 Å². The van der Waals surface area contributed by atoms with Gasteiger partial charge in [0.1, 0.15) is 18.1 Å². The summed E-state index contributed by atoms with van der Waals surface area (Å²) in [5.74, 6) is -0.818. The SMILES string of the molecule is COc1ccc(/C=N/NC(=O)C(=O)Nc2ccc(C)c(Cl)c2)cc1COc1ccc([N+](=O)[O-])c(C)c1. The Morgan fingerprint density at radius 1 is 1.06 bits per heavy atom. The minimum absolute atomic E-state index is 0.0107. The van der Waals surface area contributed by atoms with Crippen LogP contribution in [0.25, 0.3) is 0 Å². The van der Waals surface area contributed by atoms with Gasteiger partial charge in [0, 0.05) is 27.9 Å². The number of aryl methyl sites for hydroxylation is 2. The molecule has 186 valence electrons. The van der Waals surface area contributed by atoms with Crippen molar-refractivity contribution in [2.45, 2.75) is 20.5 Å². The molecule has 10 nitrogen and oxygen atoms in total. The van der Waals surface area contributed by atoms with E-state index in [4.69, 9.17) is 21.1 Å². The topological polar surface area (TPSA) is 132 Å². The molecule has 0 unspecified atom stereocenters. The highest BCUT2D eigenvalue weighted by Crippen LogP contribution is 2.26. The lowest BCUT2D eigenvalue weighted by atomic mass is 10.1. The predicted octanol–water partition coefficient (Wildman–Crippen LogP) is 4.54. The summed E-state index contributed by atoms with van der Waals surface area (Å²) in [5, 5.41) is 17.7. The molecule has 2 amide bonds. The van der Waals surface area contributed by atoms with Crippen molar-refractivity contribution in [1.82, 2.24) is 5.43 Å². The third-order valence-corrected chi connectivity index (χ3v) is 5.49. The van der Waals surface area contributed by atoms with E-state index in [2.05, 4.69) is 15.8 Å². The molecular formula is C25H23ClN4O6. The molecule has 0 atom stereocenters. The average molecular weight is 511 g/mol. The van der Waals surface area contributed by atoms with Crippen LogP contribution in [0.15, 0.2) is 59.7 Å². The van der Waals surface area contributed by atoms with Gasteiger partial charge in [0.2, 0.25) is 0 Å². The number of hydrogen-bond donors (Lipinski definition) is 2. The lowest BCUT2D eigenvalue weighted by Gasteiger charge is -2.11. The summed E-state index contributed by atoms with van der Waals surface area (Å²) < 4.78 is 11.1. The Kier molecular flexibility index (Phi) is 8.58. The fourth-order valence-corrected chi connectivity index (χ4v) is 3.33. The number of nitro groups is 1. The van der Waals surface area contributed by atoms with Crippen LogP contribution in [0.3, 0.4) is 0 Å². The van der Waals surface area contributed by atoms with Gasteiger partial charge in [-0.25, -0.2) is 5.43 Å². The molecule has 0 aliphatic heterocycles. The van der Waals surface area contributed by atoms with Crippen LogP contribution in [0.1, 0.15) is 22.3 Å². The van der Waals surface area contributed by atoms with Crippen LogP contribution in [0.2, 0.25) is 5.02 Å². The van der Waals surface area contributed by atoms with Crippen LogP contribution in [-0.2, 0) is 16.2 Å². The van der Waals surface area contributed by atoms with E-state index < -0.39 is 16.7 Å². The summed E-state index contributed by atoms with van der Waals surface area (Å²) in [7, 11) is 1.52. The maximum atomic E-state index is 12.1. The largest absolute Gasteiger partial charge is 0.496 e. The molecule has 0 heterocycles. The molecule has 0 spiro atoms. The van der Waals surface area contributed by atoms with E-state index in [1.54, 1.807) is 49.4 Å². The van der Waals surface area contributed by atoms with Crippen molar-refractivity contribution in [1.29, 1.82) is 0 Å². The van der Waals surface area contributed by atoms with E-state index in [-0.39, 0.29) is 12.3 Å². The Labute approximate surface area is 212 Å². The van der Waals surface area contributed by atoms with Crippen molar-refractivity contribution >= 4 is 41.0 Å². The monoisotopic (exact) mass is 510 g/mol. The highest BCUT2D eigenvalue weighted by molar-refractivity contribution is 6.39. The number of nitrogens with one attached hydrogen (secondary N) is 2. The summed E-state index contributed by atoms with van der Waals surface area (Å²) in [4.78, 5) is 34.7. The van der Waals surface area contributed by atoms with Crippen molar-refractivity contribution in [3.8, 4) is 11.5 Å². The number of rotatable bonds is 8. The van der Waals surface area contributed by atoms with Gasteiger partial charge < -0.3 is 14.8 Å². The average Bonchev–Trinajstić information content (AvgIpc) is 2.84. The Morgan fingerprint density at radius 3 is 2.50 bits per heavy atom. The minimum Gasteiger partial charge on any atom is -0.496 e. The molecule has 0 saturated heterocycles. The first kappa shape index (κ1) is 26.2. The minimum atomic E-state index is -0.950. The van der Waals surface area contributed by atoms with Gasteiger partial charge in [0.25, 0.3) is 5.69 Å². The van der Waals surface area contributed by atoms with Crippen molar-refractivity contribution in [2.24, 2.45) is 5.10 Å². The number of carbonyl (C=O) groups is 2. The molecular weight excluding hydrogens is 488 g/mol. The second-order valence-corrected chi connectivity index (χ2v) is 8.09. The molecule has 11 heteroatoms. The number of nitrogens with zero attached hydrogens (tertiary/aromatic N) is 2. The summed E-state index contributed by atoms with van der Waals surface area (Å²) in [6.45, 7) is 3.58. The maximum absolute atomic E-state index is 12.1. The van der Waals surface area contributed by atoms with Crippen molar-refractivity contribution in [3.63, 3.8) is 0 Å². The molecule has 0 bridgehead atoms. The number of nitro benzene ring substituents is 1. The fourth-order valence-electron chi connectivity index (χ4n) is 3.15. The molecule has 2 N–H and O–H groups in total. The van der Waals surface area contributed by atoms with Crippen LogP contribution in [0, 0.1) is 24.0 Å². The molecule has 0 aliphatic carbocycles. The normalized spacial score (nSPS) is 10.7. The Balaban J connectivity index is 1.62. The zero-order valence-corrected chi connectivity index (χ0v) is 20.5. The van der Waals surface area contributed by atoms with Crippen LogP contribution in [0.5, 0.6) is 11.5 Å². The molecule has 0 fully saturated rings. The highest BCUT2D eigenvalue weighted by Gasteiger charge is 2.14. The molecule has 3 aromatic carbocycles. The van der Waals surface area contributed by atoms with E-state index in [0.29, 0.717) is 38.9 Å². The zero-order valence-electron chi connectivity index (χ0n) is 19.7. The second kappa shape index (κ2) is 11.8. The van der Waals surface area contributed by atoms with Gasteiger partial charge in [0.05, 0.1) is 18.2 Å². The molecule has 0 aliphatic rings. The van der Waals surface area contributed by atoms with Gasteiger partial charge in [0.15, 0.2) is 0 Å². The number of methoxy groups -OCH3 is 1. The Bertz CT molecular complexity index is 1340. The third-order valence-electron chi connectivity index (χ3n) is 5.08. The van der Waals surface area contributed by atoms with E-state index in [0.717, 1.165) is 5.56 Å². The number of amides is 2. The number of hydrazone groups is 1. The molecule has 3 aromatic rings. The number of hydrogen-bond acceptors (Lipinski definition) is 7. The second-order valence-electron chi connectivity index (χ2n) is 7.68. The Hall–Kier alpha value is -4.44. The molecule has 0 aromatic heterocycles. The van der Waals surface area contributed by atoms with Crippen LogP contribution < -0.4 is 20.2 Å². The van der Waals surface area contributed by atoms with Gasteiger partial charge in [-0.15, -0.1) is 0 Å². The van der Waals surface area contributed by atoms with E-state index >= 15 is 0 Å². The molecule has 36 heavy (non-hydrogen) atoms. The third kappa shape index (κ3) is 6.80. The molecule has 3 rings (SSSR count). The molecule has 0 radical (unpaired) electrons. The standard InChI is InChI=1S/C25H23ClN4O6/c1-15-4-6-19(12-21(15)26)28-24(31)25(32)29-27-13-17-5-9-23(35-3)18(11-17)14-36-20-7-8-22(30(33)34)16(2)10-20/h4-13H,14H2,1-3H3,(H,28,31)(H,29,32)/b27-13+. The highest BCUT2D eigenvalue weighted by atomic mass is 35.5. The van der Waals surface area contributed by atoms with Crippen molar-refractivity contribution in [2.75, 3.05) is 12.4 Å². The van der Waals surface area contributed by atoms with Crippen LogP contribution >= 0.6 is 11.6 Å². The first-order valence-corrected chi connectivity index (χ1v) is 11.0. The first-order chi connectivity index (χ1) is 17.2. The lowest BCUT2D eigenvalue weighted by molar-refractivity contribution is -0.385. The van der Waals surface area contributed by atoms with Gasteiger partial charge in [-0.05, 0) is 67.4 Å². The lowest BCUT2D eigenvalue weighted by Crippen LogP contribution is -2.32. The van der Waals surface area contributed by atoms with Crippen molar-refractivity contribution in [3.05, 3.63) is 92.0 Å². The molecule has 0 saturated carbocycles. The maximum Gasteiger partial charge on any atom is 0.329 e. The number of benzene rings is 3. The number of anilines is 1. The quantitative estimate of drug-likeness (QED) is 0.198. The van der Waals surface area contributed by atoms with Crippen LogP contribution in [-0.4, -0.2) is 30.1 Å². The van der Waals surface area contributed by atoms with E-state index in [1.807, 2.05) is 6.92 Å². The van der Waals surface area contributed by atoms with Crippen LogP contribution in [0.4, 0.5) is 11.4 Å². The number of carbonyl (C=O) groups excluding carboxylic acids is 2. The van der Waals surface area contributed by atoms with E-state index in [9.17, 15) is 19.7 Å². The smallest absolute Gasteiger partial charge is 0.329 e. The van der Waals surface area contributed by atoms with Gasteiger partial charge in [-0.2, -0.15) is 5.10 Å². The zero-order chi connectivity index (χ0) is 26.2. The van der Waals surface area contributed by atoms with Gasteiger partial charge in [-0.1, -0.05) is 17.7 Å². The summed E-state index contributed by atoms with van der Waals surface area (Å²) in [6.07, 6.45) is 1.37. The number of halogens is 1.